The summed E-state index contributed by atoms with van der Waals surface area (Å²) in [5.74, 6) is -2.45. The van der Waals surface area contributed by atoms with Crippen molar-refractivity contribution in [3.05, 3.63) is 93.0 Å². The van der Waals surface area contributed by atoms with Crippen LogP contribution in [0.5, 0.6) is 0 Å². The quantitative estimate of drug-likeness (QED) is 0.305. The molecule has 1 atom stereocenters. The number of carbonyl (C=O) groups excluding carboxylic acids is 2. The minimum absolute atomic E-state index is 0.206. The molecular formula is C24H19BrFN3O3. The Kier molecular flexibility index (Phi) is 6.91. The van der Waals surface area contributed by atoms with Gasteiger partial charge in [0.2, 0.25) is 6.10 Å². The molecule has 1 heterocycles. The average Bonchev–Trinajstić information content (AvgIpc) is 3.04. The Morgan fingerprint density at radius 1 is 1.16 bits per heavy atom. The maximum atomic E-state index is 13.2. The fourth-order valence-corrected chi connectivity index (χ4v) is 3.58. The van der Waals surface area contributed by atoms with Crippen LogP contribution in [0.4, 0.5) is 4.39 Å². The second-order valence-electron chi connectivity index (χ2n) is 7.05. The summed E-state index contributed by atoms with van der Waals surface area (Å²) in [7, 11) is 0. The number of esters is 1. The van der Waals surface area contributed by atoms with Gasteiger partial charge in [-0.1, -0.05) is 28.1 Å². The van der Waals surface area contributed by atoms with Crippen molar-refractivity contribution in [3.8, 4) is 11.8 Å². The summed E-state index contributed by atoms with van der Waals surface area (Å²) in [5, 5.41) is 9.53. The fraction of sp³-hybridized carbons (Fsp3) is 0.125. The van der Waals surface area contributed by atoms with Gasteiger partial charge in [-0.3, -0.25) is 4.79 Å². The third-order valence-electron chi connectivity index (χ3n) is 4.85. The average molecular weight is 496 g/mol. The number of nitriles is 1. The first-order valence-corrected chi connectivity index (χ1v) is 10.3. The van der Waals surface area contributed by atoms with Crippen molar-refractivity contribution in [1.82, 2.24) is 4.57 Å². The van der Waals surface area contributed by atoms with E-state index in [4.69, 9.17) is 10.5 Å². The van der Waals surface area contributed by atoms with Gasteiger partial charge in [-0.15, -0.1) is 0 Å². The first-order chi connectivity index (χ1) is 15.2. The number of primary amides is 1. The maximum Gasteiger partial charge on any atom is 0.350 e. The summed E-state index contributed by atoms with van der Waals surface area (Å²) in [5.41, 5.74) is 8.56. The van der Waals surface area contributed by atoms with Crippen LogP contribution in [0, 0.1) is 31.0 Å². The SMILES string of the molecule is Cc1cc(/C=C(\C#N)C(=O)OC(C(N)=O)c2ccc(F)cc2)c(C)n1-c1ccc(Br)cc1. The molecule has 1 unspecified atom stereocenters. The highest BCUT2D eigenvalue weighted by atomic mass is 79.9. The molecule has 3 aromatic rings. The van der Waals surface area contributed by atoms with Gasteiger partial charge in [-0.05, 0) is 68.0 Å². The number of nitrogens with zero attached hydrogens (tertiary/aromatic N) is 2. The normalized spacial score (nSPS) is 12.2. The molecule has 0 saturated carbocycles. The van der Waals surface area contributed by atoms with Gasteiger partial charge in [-0.2, -0.15) is 5.26 Å². The van der Waals surface area contributed by atoms with E-state index in [0.717, 1.165) is 33.7 Å². The Morgan fingerprint density at radius 3 is 2.34 bits per heavy atom. The Bertz CT molecular complexity index is 1240. The number of halogens is 2. The second kappa shape index (κ2) is 9.62. The van der Waals surface area contributed by atoms with Gasteiger partial charge in [0.1, 0.15) is 17.5 Å². The first kappa shape index (κ1) is 23.0. The highest BCUT2D eigenvalue weighted by Crippen LogP contribution is 2.25. The Morgan fingerprint density at radius 2 is 1.78 bits per heavy atom. The van der Waals surface area contributed by atoms with Crippen LogP contribution < -0.4 is 5.73 Å². The van der Waals surface area contributed by atoms with Crippen molar-refractivity contribution in [1.29, 1.82) is 5.26 Å². The second-order valence-corrected chi connectivity index (χ2v) is 7.96. The predicted molar refractivity (Wildman–Crippen MR) is 121 cm³/mol. The number of hydrogen-bond donors (Lipinski definition) is 1. The number of carbonyl (C=O) groups is 2. The van der Waals surface area contributed by atoms with Crippen LogP contribution in [-0.2, 0) is 14.3 Å². The lowest BCUT2D eigenvalue weighted by Gasteiger charge is -2.14. The van der Waals surface area contributed by atoms with Crippen molar-refractivity contribution in [2.75, 3.05) is 0 Å². The lowest BCUT2D eigenvalue weighted by Crippen LogP contribution is -2.26. The van der Waals surface area contributed by atoms with E-state index in [9.17, 15) is 19.2 Å². The van der Waals surface area contributed by atoms with Gasteiger partial charge >= 0.3 is 5.97 Å². The van der Waals surface area contributed by atoms with Gasteiger partial charge in [0.05, 0.1) is 0 Å². The number of ether oxygens (including phenoxy) is 1. The Labute approximate surface area is 192 Å². The molecule has 0 aliphatic heterocycles. The molecule has 1 amide bonds. The van der Waals surface area contributed by atoms with E-state index in [0.29, 0.717) is 5.56 Å². The number of hydrogen-bond acceptors (Lipinski definition) is 4. The molecule has 162 valence electrons. The Balaban J connectivity index is 1.91. The van der Waals surface area contributed by atoms with Crippen LogP contribution in [0.2, 0.25) is 0 Å². The molecule has 2 N–H and O–H groups in total. The van der Waals surface area contributed by atoms with Crippen molar-refractivity contribution >= 4 is 33.9 Å². The van der Waals surface area contributed by atoms with Crippen LogP contribution in [0.3, 0.4) is 0 Å². The Hall–Kier alpha value is -3.70. The third kappa shape index (κ3) is 4.95. The van der Waals surface area contributed by atoms with Gasteiger partial charge in [0.25, 0.3) is 5.91 Å². The molecule has 0 aliphatic carbocycles. The smallest absolute Gasteiger partial charge is 0.350 e. The van der Waals surface area contributed by atoms with E-state index in [2.05, 4.69) is 15.9 Å². The van der Waals surface area contributed by atoms with E-state index >= 15 is 0 Å². The minimum atomic E-state index is -1.45. The molecule has 3 rings (SSSR count). The molecule has 0 bridgehead atoms. The van der Waals surface area contributed by atoms with Crippen LogP contribution >= 0.6 is 15.9 Å². The summed E-state index contributed by atoms with van der Waals surface area (Å²) in [6.07, 6.45) is -0.0435. The number of nitrogens with two attached hydrogens (primary N) is 1. The van der Waals surface area contributed by atoms with Crippen LogP contribution in [0.25, 0.3) is 11.8 Å². The number of amides is 1. The topological polar surface area (TPSA) is 98.1 Å². The van der Waals surface area contributed by atoms with Gasteiger partial charge < -0.3 is 15.0 Å². The van der Waals surface area contributed by atoms with E-state index in [1.54, 1.807) is 0 Å². The molecular weight excluding hydrogens is 477 g/mol. The molecule has 0 aliphatic rings. The monoisotopic (exact) mass is 495 g/mol. The molecule has 8 heteroatoms. The highest BCUT2D eigenvalue weighted by Gasteiger charge is 2.25. The summed E-state index contributed by atoms with van der Waals surface area (Å²) in [6, 6.07) is 16.2. The molecule has 32 heavy (non-hydrogen) atoms. The van der Waals surface area contributed by atoms with Crippen molar-refractivity contribution in [2.24, 2.45) is 5.73 Å². The fourth-order valence-electron chi connectivity index (χ4n) is 3.31. The molecule has 6 nitrogen and oxygen atoms in total. The standard InChI is InChI=1S/C24H19BrFN3O3/c1-14-11-17(15(2)29(14)21-9-5-19(25)6-10-21)12-18(13-27)24(31)32-22(23(28)30)16-3-7-20(26)8-4-16/h3-12,22H,1-2H3,(H2,28,30)/b18-12+. The number of rotatable bonds is 6. The minimum Gasteiger partial charge on any atom is -0.443 e. The summed E-state index contributed by atoms with van der Waals surface area (Å²) < 4.78 is 21.3. The number of benzene rings is 2. The van der Waals surface area contributed by atoms with Crippen LogP contribution in [0.1, 0.15) is 28.6 Å². The van der Waals surface area contributed by atoms with Crippen LogP contribution in [0.15, 0.2) is 64.6 Å². The molecule has 2 aromatic carbocycles. The van der Waals surface area contributed by atoms with E-state index < -0.39 is 23.8 Å². The summed E-state index contributed by atoms with van der Waals surface area (Å²) in [4.78, 5) is 24.5. The van der Waals surface area contributed by atoms with Crippen molar-refractivity contribution < 1.29 is 18.7 Å². The summed E-state index contributed by atoms with van der Waals surface area (Å²) in [6.45, 7) is 3.78. The van der Waals surface area contributed by atoms with Crippen LogP contribution in [-0.4, -0.2) is 16.4 Å². The lowest BCUT2D eigenvalue weighted by atomic mass is 10.1. The molecule has 0 fully saturated rings. The van der Waals surface area contributed by atoms with Gasteiger partial charge in [0, 0.05) is 27.1 Å². The zero-order valence-electron chi connectivity index (χ0n) is 17.3. The van der Waals surface area contributed by atoms with Gasteiger partial charge in [0.15, 0.2) is 0 Å². The molecule has 0 saturated heterocycles. The highest BCUT2D eigenvalue weighted by molar-refractivity contribution is 9.10. The third-order valence-corrected chi connectivity index (χ3v) is 5.38. The predicted octanol–water partition coefficient (Wildman–Crippen LogP) is 4.67. The zero-order valence-corrected chi connectivity index (χ0v) is 18.9. The largest absolute Gasteiger partial charge is 0.443 e. The molecule has 0 radical (unpaired) electrons. The number of aryl methyl sites for hydroxylation is 1. The van der Waals surface area contributed by atoms with E-state index in [1.165, 1.54) is 18.2 Å². The van der Waals surface area contributed by atoms with E-state index in [1.807, 2.05) is 54.8 Å². The van der Waals surface area contributed by atoms with Crippen molar-refractivity contribution in [2.45, 2.75) is 20.0 Å². The molecule has 0 spiro atoms. The number of aromatic nitrogens is 1. The maximum absolute atomic E-state index is 13.2. The van der Waals surface area contributed by atoms with Gasteiger partial charge in [-0.25, -0.2) is 9.18 Å². The molecule has 1 aromatic heterocycles. The lowest BCUT2D eigenvalue weighted by molar-refractivity contribution is -0.151. The van der Waals surface area contributed by atoms with E-state index in [-0.39, 0.29) is 11.1 Å². The first-order valence-electron chi connectivity index (χ1n) is 9.53. The van der Waals surface area contributed by atoms with Crippen molar-refractivity contribution in [3.63, 3.8) is 0 Å². The zero-order chi connectivity index (χ0) is 23.4. The summed E-state index contributed by atoms with van der Waals surface area (Å²) >= 11 is 3.41.